The Kier molecular flexibility index (Phi) is 9.71. The molecule has 1 saturated heterocycles. The average Bonchev–Trinajstić information content (AvgIpc) is 3.64. The molecule has 0 spiro atoms. The Hall–Kier alpha value is -4.27. The van der Waals surface area contributed by atoms with Crippen molar-refractivity contribution in [2.24, 2.45) is 5.73 Å². The lowest BCUT2D eigenvalue weighted by Gasteiger charge is -2.25. The number of carbonyl (C=O) groups is 5. The van der Waals surface area contributed by atoms with Crippen molar-refractivity contribution in [1.29, 1.82) is 0 Å². The number of nitrogens with zero attached hydrogens (tertiary/aromatic N) is 2. The van der Waals surface area contributed by atoms with Gasteiger partial charge in [-0.2, -0.15) is 0 Å². The second-order valence-corrected chi connectivity index (χ2v) is 8.74. The van der Waals surface area contributed by atoms with E-state index >= 15 is 0 Å². The van der Waals surface area contributed by atoms with Gasteiger partial charge in [0.15, 0.2) is 0 Å². The van der Waals surface area contributed by atoms with Gasteiger partial charge >= 0.3 is 5.97 Å². The first kappa shape index (κ1) is 27.3. The number of aliphatic carboxylic acids is 1. The van der Waals surface area contributed by atoms with Crippen LogP contribution < -0.4 is 27.0 Å². The maximum atomic E-state index is 13.2. The molecule has 4 amide bonds. The molecule has 0 saturated carbocycles. The normalized spacial score (nSPS) is 17.4. The lowest BCUT2D eigenvalue weighted by atomic mass is 10.1. The van der Waals surface area contributed by atoms with Crippen LogP contribution in [0.5, 0.6) is 0 Å². The fourth-order valence-electron chi connectivity index (χ4n) is 3.92. The molecule has 37 heavy (non-hydrogen) atoms. The van der Waals surface area contributed by atoms with Gasteiger partial charge in [-0.3, -0.25) is 19.2 Å². The van der Waals surface area contributed by atoms with Gasteiger partial charge < -0.3 is 42.1 Å². The van der Waals surface area contributed by atoms with Crippen LogP contribution in [0, 0.1) is 0 Å². The molecular formula is C22H31N9O6. The van der Waals surface area contributed by atoms with Crippen molar-refractivity contribution in [3.05, 3.63) is 36.4 Å². The molecule has 0 bridgehead atoms. The smallest absolute Gasteiger partial charge is 0.326 e. The summed E-state index contributed by atoms with van der Waals surface area (Å²) in [6, 6.07) is -4.12. The summed E-state index contributed by atoms with van der Waals surface area (Å²) < 4.78 is 0. The number of rotatable bonds is 14. The molecular weight excluding hydrogens is 486 g/mol. The Labute approximate surface area is 211 Å². The predicted octanol–water partition coefficient (Wildman–Crippen LogP) is -2.53. The molecule has 15 nitrogen and oxygen atoms in total. The van der Waals surface area contributed by atoms with Crippen LogP contribution in [0.25, 0.3) is 0 Å². The molecule has 2 aromatic rings. The third-order valence-electron chi connectivity index (χ3n) is 5.89. The van der Waals surface area contributed by atoms with Crippen molar-refractivity contribution in [1.82, 2.24) is 41.2 Å². The van der Waals surface area contributed by atoms with E-state index in [0.29, 0.717) is 24.4 Å². The second kappa shape index (κ2) is 13.2. The predicted molar refractivity (Wildman–Crippen MR) is 127 cm³/mol. The molecule has 15 heteroatoms. The average molecular weight is 518 g/mol. The monoisotopic (exact) mass is 517 g/mol. The molecule has 2 aromatic heterocycles. The topological polar surface area (TPSA) is 237 Å². The molecule has 1 aliphatic heterocycles. The minimum Gasteiger partial charge on any atom is -0.480 e. The molecule has 200 valence electrons. The molecule has 1 aliphatic rings. The van der Waals surface area contributed by atoms with Gasteiger partial charge in [0.2, 0.25) is 23.6 Å². The Morgan fingerprint density at radius 2 is 1.54 bits per heavy atom. The van der Waals surface area contributed by atoms with E-state index in [9.17, 15) is 29.1 Å². The zero-order valence-corrected chi connectivity index (χ0v) is 20.0. The van der Waals surface area contributed by atoms with Crippen LogP contribution in [0.2, 0.25) is 0 Å². The Balaban J connectivity index is 1.73. The van der Waals surface area contributed by atoms with E-state index < -0.39 is 53.8 Å². The van der Waals surface area contributed by atoms with Crippen LogP contribution in [0.4, 0.5) is 0 Å². The van der Waals surface area contributed by atoms with Crippen LogP contribution in [0.1, 0.15) is 37.1 Å². The summed E-state index contributed by atoms with van der Waals surface area (Å²) in [5, 5.41) is 20.3. The summed E-state index contributed by atoms with van der Waals surface area (Å²) in [6.07, 6.45) is 6.77. The van der Waals surface area contributed by atoms with E-state index in [1.807, 2.05) is 0 Å². The van der Waals surface area contributed by atoms with Gasteiger partial charge in [0.05, 0.1) is 18.7 Å². The molecule has 0 unspecified atom stereocenters. The van der Waals surface area contributed by atoms with E-state index in [-0.39, 0.29) is 25.7 Å². The zero-order valence-electron chi connectivity index (χ0n) is 20.0. The van der Waals surface area contributed by atoms with Crippen molar-refractivity contribution in [3.63, 3.8) is 0 Å². The molecule has 1 fully saturated rings. The second-order valence-electron chi connectivity index (χ2n) is 8.74. The largest absolute Gasteiger partial charge is 0.480 e. The lowest BCUT2D eigenvalue weighted by molar-refractivity contribution is -0.142. The Morgan fingerprint density at radius 1 is 0.946 bits per heavy atom. The summed E-state index contributed by atoms with van der Waals surface area (Å²) in [7, 11) is 0. The standard InChI is InChI=1S/C22H31N9O6/c23-18(32)4-3-15(29-19(33)14-2-1-5-26-14)20(34)30-16(6-12-8-24-10-27-12)21(35)31-17(22(36)37)7-13-9-25-11-28-13/h8-11,14-17,26H,1-7H2,(H2,23,32)(H,24,27)(H,25,28)(H,29,33)(H,30,34)(H,31,35)(H,36,37)/t14-,15-,16-,17-/m0/s1. The maximum absolute atomic E-state index is 13.2. The van der Waals surface area contributed by atoms with Gasteiger partial charge in [-0.15, -0.1) is 0 Å². The summed E-state index contributed by atoms with van der Waals surface area (Å²) in [5.74, 6) is -3.80. The van der Waals surface area contributed by atoms with Crippen molar-refractivity contribution < 1.29 is 29.1 Å². The number of aromatic nitrogens is 4. The summed E-state index contributed by atoms with van der Waals surface area (Å²) in [4.78, 5) is 75.4. The van der Waals surface area contributed by atoms with Crippen LogP contribution >= 0.6 is 0 Å². The number of amides is 4. The molecule has 0 radical (unpaired) electrons. The number of imidazole rings is 2. The third kappa shape index (κ3) is 8.42. The first-order valence-electron chi connectivity index (χ1n) is 11.8. The van der Waals surface area contributed by atoms with Crippen molar-refractivity contribution in [2.45, 2.75) is 62.7 Å². The molecule has 0 aromatic carbocycles. The zero-order chi connectivity index (χ0) is 26.8. The van der Waals surface area contributed by atoms with Crippen LogP contribution in [-0.4, -0.2) is 85.4 Å². The van der Waals surface area contributed by atoms with E-state index in [4.69, 9.17) is 5.73 Å². The van der Waals surface area contributed by atoms with Crippen molar-refractivity contribution in [2.75, 3.05) is 6.54 Å². The van der Waals surface area contributed by atoms with E-state index in [1.165, 1.54) is 25.0 Å². The van der Waals surface area contributed by atoms with Gasteiger partial charge in [-0.25, -0.2) is 14.8 Å². The lowest BCUT2D eigenvalue weighted by Crippen LogP contribution is -2.58. The molecule has 3 rings (SSSR count). The number of nitrogens with one attached hydrogen (secondary N) is 6. The number of nitrogens with two attached hydrogens (primary N) is 1. The minimum atomic E-state index is -1.30. The number of aromatic amines is 2. The van der Waals surface area contributed by atoms with E-state index in [2.05, 4.69) is 41.2 Å². The number of hydrogen-bond donors (Lipinski definition) is 8. The van der Waals surface area contributed by atoms with Crippen molar-refractivity contribution >= 4 is 29.6 Å². The first-order valence-corrected chi connectivity index (χ1v) is 11.8. The van der Waals surface area contributed by atoms with Gasteiger partial charge in [0.25, 0.3) is 0 Å². The highest BCUT2D eigenvalue weighted by molar-refractivity contribution is 5.94. The Morgan fingerprint density at radius 3 is 2.05 bits per heavy atom. The first-order chi connectivity index (χ1) is 17.7. The summed E-state index contributed by atoms with van der Waals surface area (Å²) in [6.45, 7) is 0.673. The van der Waals surface area contributed by atoms with Crippen LogP contribution in [0.15, 0.2) is 25.0 Å². The molecule has 0 aliphatic carbocycles. The molecule has 3 heterocycles. The van der Waals surface area contributed by atoms with Gasteiger partial charge in [0.1, 0.15) is 18.1 Å². The highest BCUT2D eigenvalue weighted by Gasteiger charge is 2.32. The van der Waals surface area contributed by atoms with Gasteiger partial charge in [-0.05, 0) is 25.8 Å². The van der Waals surface area contributed by atoms with Crippen LogP contribution in [0.3, 0.4) is 0 Å². The maximum Gasteiger partial charge on any atom is 0.326 e. The highest BCUT2D eigenvalue weighted by atomic mass is 16.4. The number of carboxylic acids is 1. The van der Waals surface area contributed by atoms with E-state index in [1.54, 1.807) is 0 Å². The summed E-state index contributed by atoms with van der Waals surface area (Å²) >= 11 is 0. The third-order valence-corrected chi connectivity index (χ3v) is 5.89. The number of carboxylic acid groups (broad SMARTS) is 1. The van der Waals surface area contributed by atoms with Gasteiger partial charge in [-0.1, -0.05) is 0 Å². The minimum absolute atomic E-state index is 0.0331. The number of primary amides is 1. The fourth-order valence-corrected chi connectivity index (χ4v) is 3.92. The Bertz CT molecular complexity index is 1070. The molecule has 9 N–H and O–H groups in total. The van der Waals surface area contributed by atoms with E-state index in [0.717, 1.165) is 6.42 Å². The quantitative estimate of drug-likeness (QED) is 0.132. The van der Waals surface area contributed by atoms with Gasteiger partial charge in [0, 0.05) is 43.0 Å². The van der Waals surface area contributed by atoms with Crippen molar-refractivity contribution in [3.8, 4) is 0 Å². The fraction of sp³-hybridized carbons (Fsp3) is 0.500. The number of hydrogen-bond acceptors (Lipinski definition) is 8. The SMILES string of the molecule is NC(=O)CC[C@H](NC(=O)[C@@H]1CCCN1)C(=O)N[C@@H](Cc1cnc[nH]1)C(=O)N[C@@H](Cc1cnc[nH]1)C(=O)O. The van der Waals surface area contributed by atoms with Crippen LogP contribution in [-0.2, 0) is 36.8 Å². The number of H-pyrrole nitrogens is 2. The highest BCUT2D eigenvalue weighted by Crippen LogP contribution is 2.08. The summed E-state index contributed by atoms with van der Waals surface area (Å²) in [5.41, 5.74) is 6.24. The number of carbonyl (C=O) groups excluding carboxylic acids is 4. The molecule has 4 atom stereocenters.